The Morgan fingerprint density at radius 3 is 2.94 bits per heavy atom. The topological polar surface area (TPSA) is 35.5 Å². The van der Waals surface area contributed by atoms with Gasteiger partial charge < -0.3 is 9.47 Å². The molecule has 0 radical (unpaired) electrons. The lowest BCUT2D eigenvalue weighted by molar-refractivity contribution is -0.142. The van der Waals surface area contributed by atoms with E-state index in [9.17, 15) is 4.79 Å². The van der Waals surface area contributed by atoms with Gasteiger partial charge in [-0.25, -0.2) is 0 Å². The maximum absolute atomic E-state index is 11.6. The summed E-state index contributed by atoms with van der Waals surface area (Å²) in [7, 11) is 0. The smallest absolute Gasteiger partial charge is 0.310 e. The van der Waals surface area contributed by atoms with E-state index in [1.165, 1.54) is 0 Å². The van der Waals surface area contributed by atoms with Crippen LogP contribution in [-0.4, -0.2) is 19.2 Å². The minimum atomic E-state index is -0.174. The molecule has 1 aliphatic rings. The minimum absolute atomic E-state index is 0.0523. The third-order valence-electron chi connectivity index (χ3n) is 3.41. The van der Waals surface area contributed by atoms with Crippen LogP contribution in [0.2, 0.25) is 0 Å². The average molecular weight is 248 g/mol. The number of fused-ring (bicyclic) bond motifs is 1. The fourth-order valence-corrected chi connectivity index (χ4v) is 2.52. The first-order chi connectivity index (χ1) is 8.54. The molecule has 3 nitrogen and oxygen atoms in total. The van der Waals surface area contributed by atoms with Crippen LogP contribution in [0.15, 0.2) is 18.2 Å². The maximum atomic E-state index is 11.6. The van der Waals surface area contributed by atoms with Gasteiger partial charge in [0.1, 0.15) is 5.75 Å². The van der Waals surface area contributed by atoms with Gasteiger partial charge in [0.2, 0.25) is 0 Å². The Hall–Kier alpha value is -1.51. The number of esters is 1. The van der Waals surface area contributed by atoms with Crippen molar-refractivity contribution in [2.24, 2.45) is 0 Å². The average Bonchev–Trinajstić information content (AvgIpc) is 2.28. The summed E-state index contributed by atoms with van der Waals surface area (Å²) in [5.74, 6) is 0.736. The van der Waals surface area contributed by atoms with E-state index < -0.39 is 0 Å². The van der Waals surface area contributed by atoms with E-state index in [0.29, 0.717) is 13.0 Å². The number of ether oxygens (including phenoxy) is 2. The number of benzene rings is 1. The van der Waals surface area contributed by atoms with Crippen LogP contribution in [0.25, 0.3) is 0 Å². The molecular formula is C15H20O3. The van der Waals surface area contributed by atoms with Gasteiger partial charge in [0.15, 0.2) is 0 Å². The van der Waals surface area contributed by atoms with Crippen LogP contribution in [-0.2, 0) is 21.4 Å². The summed E-state index contributed by atoms with van der Waals surface area (Å²) in [5.41, 5.74) is 2.23. The molecule has 0 atom stereocenters. The third kappa shape index (κ3) is 2.50. The molecule has 0 aromatic heterocycles. The SMILES string of the molecule is CCOC(=O)Cc1cccc2c1C(C)(C)CCO2. The molecule has 0 unspecified atom stereocenters. The number of hydrogen-bond donors (Lipinski definition) is 0. The lowest BCUT2D eigenvalue weighted by Gasteiger charge is -2.34. The highest BCUT2D eigenvalue weighted by molar-refractivity contribution is 5.73. The van der Waals surface area contributed by atoms with Crippen LogP contribution >= 0.6 is 0 Å². The lowest BCUT2D eigenvalue weighted by atomic mass is 9.77. The fourth-order valence-electron chi connectivity index (χ4n) is 2.52. The van der Waals surface area contributed by atoms with Crippen LogP contribution in [0.3, 0.4) is 0 Å². The number of carbonyl (C=O) groups excluding carboxylic acids is 1. The quantitative estimate of drug-likeness (QED) is 0.772. The van der Waals surface area contributed by atoms with Crippen molar-refractivity contribution in [1.29, 1.82) is 0 Å². The molecule has 0 amide bonds. The predicted molar refractivity (Wildman–Crippen MR) is 69.9 cm³/mol. The summed E-state index contributed by atoms with van der Waals surface area (Å²) >= 11 is 0. The van der Waals surface area contributed by atoms with Gasteiger partial charge in [0, 0.05) is 5.56 Å². The van der Waals surface area contributed by atoms with Crippen molar-refractivity contribution in [2.45, 2.75) is 39.0 Å². The fraction of sp³-hybridized carbons (Fsp3) is 0.533. The highest BCUT2D eigenvalue weighted by atomic mass is 16.5. The summed E-state index contributed by atoms with van der Waals surface area (Å²) < 4.78 is 10.7. The van der Waals surface area contributed by atoms with Crippen molar-refractivity contribution in [3.8, 4) is 5.75 Å². The first kappa shape index (κ1) is 12.9. The molecule has 1 aromatic carbocycles. The van der Waals surface area contributed by atoms with Crippen molar-refractivity contribution < 1.29 is 14.3 Å². The Labute approximate surface area is 108 Å². The van der Waals surface area contributed by atoms with E-state index in [1.54, 1.807) is 0 Å². The highest BCUT2D eigenvalue weighted by Crippen LogP contribution is 2.40. The zero-order valence-electron chi connectivity index (χ0n) is 11.3. The summed E-state index contributed by atoms with van der Waals surface area (Å²) in [5, 5.41) is 0. The van der Waals surface area contributed by atoms with Gasteiger partial charge >= 0.3 is 5.97 Å². The summed E-state index contributed by atoms with van der Waals surface area (Å²) in [4.78, 5) is 11.6. The van der Waals surface area contributed by atoms with Crippen LogP contribution in [0.4, 0.5) is 0 Å². The van der Waals surface area contributed by atoms with Crippen LogP contribution in [0, 0.1) is 0 Å². The lowest BCUT2D eigenvalue weighted by Crippen LogP contribution is -2.28. The van der Waals surface area contributed by atoms with Gasteiger partial charge in [-0.2, -0.15) is 0 Å². The van der Waals surface area contributed by atoms with Gasteiger partial charge in [-0.05, 0) is 30.4 Å². The molecule has 98 valence electrons. The van der Waals surface area contributed by atoms with Crippen LogP contribution < -0.4 is 4.74 Å². The van der Waals surface area contributed by atoms with Gasteiger partial charge in [0.05, 0.1) is 19.6 Å². The van der Waals surface area contributed by atoms with Crippen molar-refractivity contribution in [2.75, 3.05) is 13.2 Å². The summed E-state index contributed by atoms with van der Waals surface area (Å²) in [6, 6.07) is 5.91. The molecule has 0 bridgehead atoms. The Bertz CT molecular complexity index is 449. The van der Waals surface area contributed by atoms with Gasteiger partial charge in [0.25, 0.3) is 0 Å². The van der Waals surface area contributed by atoms with E-state index in [2.05, 4.69) is 13.8 Å². The molecule has 0 saturated carbocycles. The standard InChI is InChI=1S/C15H20O3/c1-4-17-13(16)10-11-6-5-7-12-14(11)15(2,3)8-9-18-12/h5-7H,4,8-10H2,1-3H3. The predicted octanol–water partition coefficient (Wildman–Crippen LogP) is 2.85. The third-order valence-corrected chi connectivity index (χ3v) is 3.41. The van der Waals surface area contributed by atoms with E-state index in [4.69, 9.17) is 9.47 Å². The normalized spacial score (nSPS) is 16.6. The zero-order chi connectivity index (χ0) is 13.2. The summed E-state index contributed by atoms with van der Waals surface area (Å²) in [6.07, 6.45) is 1.30. The Kier molecular flexibility index (Phi) is 3.60. The molecule has 2 rings (SSSR count). The van der Waals surface area contributed by atoms with E-state index in [0.717, 1.165) is 29.9 Å². The van der Waals surface area contributed by atoms with E-state index >= 15 is 0 Å². The van der Waals surface area contributed by atoms with E-state index in [-0.39, 0.29) is 11.4 Å². The Balaban J connectivity index is 2.34. The van der Waals surface area contributed by atoms with E-state index in [1.807, 2.05) is 25.1 Å². The number of carbonyl (C=O) groups is 1. The van der Waals surface area contributed by atoms with Gasteiger partial charge in [-0.15, -0.1) is 0 Å². The van der Waals surface area contributed by atoms with Crippen molar-refractivity contribution in [3.05, 3.63) is 29.3 Å². The second-order valence-electron chi connectivity index (χ2n) is 5.25. The van der Waals surface area contributed by atoms with Crippen molar-refractivity contribution >= 4 is 5.97 Å². The minimum Gasteiger partial charge on any atom is -0.493 e. The molecule has 1 aromatic rings. The van der Waals surface area contributed by atoms with Crippen LogP contribution in [0.5, 0.6) is 5.75 Å². The molecule has 0 aliphatic carbocycles. The summed E-state index contributed by atoms with van der Waals surface area (Å²) in [6.45, 7) is 7.38. The molecule has 1 heterocycles. The first-order valence-electron chi connectivity index (χ1n) is 6.45. The zero-order valence-corrected chi connectivity index (χ0v) is 11.3. The van der Waals surface area contributed by atoms with Gasteiger partial charge in [-0.3, -0.25) is 4.79 Å². The largest absolute Gasteiger partial charge is 0.493 e. The maximum Gasteiger partial charge on any atom is 0.310 e. The molecule has 0 fully saturated rings. The number of hydrogen-bond acceptors (Lipinski definition) is 3. The first-order valence-corrected chi connectivity index (χ1v) is 6.45. The molecule has 3 heteroatoms. The Morgan fingerprint density at radius 2 is 2.22 bits per heavy atom. The van der Waals surface area contributed by atoms with Crippen molar-refractivity contribution in [1.82, 2.24) is 0 Å². The second-order valence-corrected chi connectivity index (χ2v) is 5.25. The highest BCUT2D eigenvalue weighted by Gasteiger charge is 2.31. The van der Waals surface area contributed by atoms with Crippen LogP contribution in [0.1, 0.15) is 38.3 Å². The van der Waals surface area contributed by atoms with Crippen molar-refractivity contribution in [3.63, 3.8) is 0 Å². The number of rotatable bonds is 3. The molecule has 0 N–H and O–H groups in total. The second kappa shape index (κ2) is 5.01. The van der Waals surface area contributed by atoms with Gasteiger partial charge in [-0.1, -0.05) is 26.0 Å². The molecule has 0 saturated heterocycles. The monoisotopic (exact) mass is 248 g/mol. The molecule has 0 spiro atoms. The molecular weight excluding hydrogens is 228 g/mol. The Morgan fingerprint density at radius 1 is 1.44 bits per heavy atom. The molecule has 1 aliphatic heterocycles. The molecule has 18 heavy (non-hydrogen) atoms.